The van der Waals surface area contributed by atoms with Gasteiger partial charge in [0.2, 0.25) is 5.91 Å². The highest BCUT2D eigenvalue weighted by atomic mass is 35.5. The summed E-state index contributed by atoms with van der Waals surface area (Å²) in [5.74, 6) is 1.34. The lowest BCUT2D eigenvalue weighted by Gasteiger charge is -2.11. The van der Waals surface area contributed by atoms with Crippen molar-refractivity contribution in [2.24, 2.45) is 0 Å². The first-order chi connectivity index (χ1) is 12.0. The van der Waals surface area contributed by atoms with Crippen molar-refractivity contribution in [3.8, 4) is 11.5 Å². The van der Waals surface area contributed by atoms with Crippen molar-refractivity contribution in [2.75, 3.05) is 24.3 Å². The van der Waals surface area contributed by atoms with E-state index in [1.165, 1.54) is 0 Å². The Bertz CT molecular complexity index is 702. The van der Waals surface area contributed by atoms with Crippen molar-refractivity contribution in [1.82, 2.24) is 0 Å². The van der Waals surface area contributed by atoms with E-state index in [2.05, 4.69) is 10.6 Å². The Morgan fingerprint density at radius 3 is 2.40 bits per heavy atom. The van der Waals surface area contributed by atoms with Gasteiger partial charge >= 0.3 is 0 Å². The number of halogens is 1. The SMILES string of the molecule is COc1ccc(NCCC(=O)Nc2ccc(OC(C)C)cc2)cc1Cl. The molecule has 2 N–H and O–H groups in total. The molecule has 0 unspecified atom stereocenters. The van der Waals surface area contributed by atoms with Crippen molar-refractivity contribution < 1.29 is 14.3 Å². The molecule has 25 heavy (non-hydrogen) atoms. The fourth-order valence-electron chi connectivity index (χ4n) is 2.21. The summed E-state index contributed by atoms with van der Waals surface area (Å²) in [5.41, 5.74) is 1.59. The van der Waals surface area contributed by atoms with E-state index in [1.54, 1.807) is 19.2 Å². The summed E-state index contributed by atoms with van der Waals surface area (Å²) in [5, 5.41) is 6.55. The summed E-state index contributed by atoms with van der Waals surface area (Å²) < 4.78 is 10.7. The summed E-state index contributed by atoms with van der Waals surface area (Å²) >= 11 is 6.07. The van der Waals surface area contributed by atoms with Crippen molar-refractivity contribution in [2.45, 2.75) is 26.4 Å². The quantitative estimate of drug-likeness (QED) is 0.721. The average Bonchev–Trinajstić information content (AvgIpc) is 2.56. The molecule has 0 atom stereocenters. The van der Waals surface area contributed by atoms with Gasteiger partial charge in [0.1, 0.15) is 11.5 Å². The number of carbonyl (C=O) groups is 1. The fraction of sp³-hybridized carbons (Fsp3) is 0.316. The highest BCUT2D eigenvalue weighted by Crippen LogP contribution is 2.27. The molecule has 0 aliphatic heterocycles. The van der Waals surface area contributed by atoms with Crippen LogP contribution in [0.2, 0.25) is 5.02 Å². The average molecular weight is 363 g/mol. The Hall–Kier alpha value is -2.40. The maximum Gasteiger partial charge on any atom is 0.226 e. The molecule has 0 aliphatic carbocycles. The number of hydrogen-bond donors (Lipinski definition) is 2. The van der Waals surface area contributed by atoms with E-state index in [4.69, 9.17) is 21.1 Å². The van der Waals surface area contributed by atoms with Crippen LogP contribution in [0.5, 0.6) is 11.5 Å². The Balaban J connectivity index is 1.77. The summed E-state index contributed by atoms with van der Waals surface area (Å²) in [4.78, 5) is 12.0. The molecule has 0 saturated carbocycles. The van der Waals surface area contributed by atoms with Gasteiger partial charge in [0.15, 0.2) is 0 Å². The normalized spacial score (nSPS) is 10.4. The molecule has 0 radical (unpaired) electrons. The minimum atomic E-state index is -0.0652. The molecule has 0 saturated heterocycles. The topological polar surface area (TPSA) is 59.6 Å². The number of nitrogens with one attached hydrogen (secondary N) is 2. The van der Waals surface area contributed by atoms with E-state index < -0.39 is 0 Å². The molecule has 134 valence electrons. The first kappa shape index (κ1) is 18.9. The van der Waals surface area contributed by atoms with Gasteiger partial charge in [-0.3, -0.25) is 4.79 Å². The second-order valence-electron chi connectivity index (χ2n) is 5.77. The minimum Gasteiger partial charge on any atom is -0.495 e. The molecule has 2 rings (SSSR count). The second kappa shape index (κ2) is 9.18. The number of amides is 1. The number of carbonyl (C=O) groups excluding carboxylic acids is 1. The molecule has 2 aromatic rings. The summed E-state index contributed by atoms with van der Waals surface area (Å²) in [6.07, 6.45) is 0.464. The molecule has 2 aromatic carbocycles. The standard InChI is InChI=1S/C19H23ClN2O3/c1-13(2)25-16-7-4-14(5-8-16)22-19(23)10-11-21-15-6-9-18(24-3)17(20)12-15/h4-9,12-13,21H,10-11H2,1-3H3,(H,22,23). The minimum absolute atomic E-state index is 0.0652. The van der Waals surface area contributed by atoms with Crippen molar-refractivity contribution in [1.29, 1.82) is 0 Å². The smallest absolute Gasteiger partial charge is 0.226 e. The maximum absolute atomic E-state index is 12.0. The molecule has 0 aliphatic rings. The van der Waals surface area contributed by atoms with E-state index in [-0.39, 0.29) is 12.0 Å². The Kier molecular flexibility index (Phi) is 6.95. The van der Waals surface area contributed by atoms with Crippen molar-refractivity contribution in [3.05, 3.63) is 47.5 Å². The van der Waals surface area contributed by atoms with Gasteiger partial charge in [-0.15, -0.1) is 0 Å². The number of hydrogen-bond acceptors (Lipinski definition) is 4. The molecular weight excluding hydrogens is 340 g/mol. The third kappa shape index (κ3) is 6.19. The third-order valence-corrected chi connectivity index (χ3v) is 3.64. The lowest BCUT2D eigenvalue weighted by Crippen LogP contribution is -2.16. The van der Waals surface area contributed by atoms with Gasteiger partial charge in [-0.2, -0.15) is 0 Å². The van der Waals surface area contributed by atoms with Crippen LogP contribution >= 0.6 is 11.6 Å². The van der Waals surface area contributed by atoms with E-state index in [0.717, 1.165) is 17.1 Å². The van der Waals surface area contributed by atoms with Crippen molar-refractivity contribution >= 4 is 28.9 Å². The molecule has 6 heteroatoms. The zero-order chi connectivity index (χ0) is 18.2. The van der Waals surface area contributed by atoms with Crippen LogP contribution in [-0.2, 0) is 4.79 Å². The Morgan fingerprint density at radius 1 is 1.12 bits per heavy atom. The highest BCUT2D eigenvalue weighted by molar-refractivity contribution is 6.32. The van der Waals surface area contributed by atoms with Gasteiger partial charge in [-0.1, -0.05) is 11.6 Å². The van der Waals surface area contributed by atoms with E-state index in [0.29, 0.717) is 23.7 Å². The maximum atomic E-state index is 12.0. The highest BCUT2D eigenvalue weighted by Gasteiger charge is 2.05. The number of benzene rings is 2. The molecule has 0 heterocycles. The fourth-order valence-corrected chi connectivity index (χ4v) is 2.47. The lowest BCUT2D eigenvalue weighted by molar-refractivity contribution is -0.115. The van der Waals surface area contributed by atoms with Crippen LogP contribution in [0.1, 0.15) is 20.3 Å². The first-order valence-electron chi connectivity index (χ1n) is 8.12. The summed E-state index contributed by atoms with van der Waals surface area (Å²) in [7, 11) is 1.57. The monoisotopic (exact) mass is 362 g/mol. The number of anilines is 2. The molecule has 0 bridgehead atoms. The van der Waals surface area contributed by atoms with Crippen LogP contribution < -0.4 is 20.1 Å². The van der Waals surface area contributed by atoms with Gasteiger partial charge in [-0.05, 0) is 56.3 Å². The molecular formula is C19H23ClN2O3. The number of rotatable bonds is 8. The van der Waals surface area contributed by atoms with E-state index >= 15 is 0 Å². The first-order valence-corrected chi connectivity index (χ1v) is 8.49. The van der Waals surface area contributed by atoms with Crippen LogP contribution in [0.4, 0.5) is 11.4 Å². The predicted molar refractivity (Wildman–Crippen MR) is 102 cm³/mol. The second-order valence-corrected chi connectivity index (χ2v) is 6.17. The molecule has 0 aromatic heterocycles. The van der Waals surface area contributed by atoms with Gasteiger partial charge in [0.25, 0.3) is 0 Å². The molecule has 0 fully saturated rings. The summed E-state index contributed by atoms with van der Waals surface area (Å²) in [6, 6.07) is 12.7. The van der Waals surface area contributed by atoms with Gasteiger partial charge in [0.05, 0.1) is 18.2 Å². The largest absolute Gasteiger partial charge is 0.495 e. The Morgan fingerprint density at radius 2 is 1.80 bits per heavy atom. The van der Waals surface area contributed by atoms with Crippen LogP contribution in [0, 0.1) is 0 Å². The number of methoxy groups -OCH3 is 1. The number of ether oxygens (including phenoxy) is 2. The zero-order valence-corrected chi connectivity index (χ0v) is 15.4. The van der Waals surface area contributed by atoms with Gasteiger partial charge in [-0.25, -0.2) is 0 Å². The summed E-state index contributed by atoms with van der Waals surface area (Å²) in [6.45, 7) is 4.44. The van der Waals surface area contributed by atoms with Crippen LogP contribution in [0.15, 0.2) is 42.5 Å². The van der Waals surface area contributed by atoms with Crippen LogP contribution in [0.25, 0.3) is 0 Å². The van der Waals surface area contributed by atoms with E-state index in [9.17, 15) is 4.79 Å². The van der Waals surface area contributed by atoms with Gasteiger partial charge in [0, 0.05) is 24.3 Å². The predicted octanol–water partition coefficient (Wildman–Crippen LogP) is 4.58. The van der Waals surface area contributed by atoms with E-state index in [1.807, 2.05) is 44.2 Å². The van der Waals surface area contributed by atoms with Crippen LogP contribution in [0.3, 0.4) is 0 Å². The molecule has 5 nitrogen and oxygen atoms in total. The van der Waals surface area contributed by atoms with Crippen molar-refractivity contribution in [3.63, 3.8) is 0 Å². The molecule has 0 spiro atoms. The Labute approximate surface area is 153 Å². The third-order valence-electron chi connectivity index (χ3n) is 3.34. The zero-order valence-electron chi connectivity index (χ0n) is 14.6. The molecule has 1 amide bonds. The van der Waals surface area contributed by atoms with Crippen LogP contribution in [-0.4, -0.2) is 25.7 Å². The lowest BCUT2D eigenvalue weighted by atomic mass is 10.2. The van der Waals surface area contributed by atoms with Gasteiger partial charge < -0.3 is 20.1 Å².